The van der Waals surface area contributed by atoms with Crippen molar-refractivity contribution >= 4 is 5.91 Å². The van der Waals surface area contributed by atoms with Gasteiger partial charge in [0.2, 0.25) is 5.91 Å². The van der Waals surface area contributed by atoms with E-state index in [2.05, 4.69) is 0 Å². The molecule has 6 heteroatoms. The lowest BCUT2D eigenvalue weighted by atomic mass is 10.0. The first kappa shape index (κ1) is 15.4. The molecule has 0 radical (unpaired) electrons. The molecule has 0 aromatic heterocycles. The highest BCUT2D eigenvalue weighted by molar-refractivity contribution is 5.80. The average Bonchev–Trinajstić information content (AvgIpc) is 2.95. The summed E-state index contributed by atoms with van der Waals surface area (Å²) in [6.07, 6.45) is 2.26. The monoisotopic (exact) mass is 310 g/mol. The number of ether oxygens (including phenoxy) is 1. The Bertz CT molecular complexity index is 567. The number of carbonyl (C=O) groups is 1. The van der Waals surface area contributed by atoms with Crippen LogP contribution in [-0.2, 0) is 9.53 Å². The van der Waals surface area contributed by atoms with Crippen molar-refractivity contribution in [1.29, 1.82) is 0 Å². The van der Waals surface area contributed by atoms with Crippen LogP contribution in [0.1, 0.15) is 30.9 Å². The smallest absolute Gasteiger partial charge is 0.227 e. The average molecular weight is 310 g/mol. The fourth-order valence-electron chi connectivity index (χ4n) is 3.29. The Morgan fingerprint density at radius 2 is 2.09 bits per heavy atom. The minimum Gasteiger partial charge on any atom is -0.370 e. The summed E-state index contributed by atoms with van der Waals surface area (Å²) in [5.74, 6) is -1.85. The van der Waals surface area contributed by atoms with E-state index in [0.29, 0.717) is 25.3 Å². The highest BCUT2D eigenvalue weighted by Crippen LogP contribution is 2.29. The third kappa shape index (κ3) is 2.98. The van der Waals surface area contributed by atoms with Crippen molar-refractivity contribution in [1.82, 2.24) is 4.90 Å². The van der Waals surface area contributed by atoms with Crippen LogP contribution < -0.4 is 5.73 Å². The van der Waals surface area contributed by atoms with Crippen molar-refractivity contribution in [2.75, 3.05) is 19.7 Å². The Labute approximate surface area is 128 Å². The highest BCUT2D eigenvalue weighted by Gasteiger charge is 2.35. The number of hydrogen-bond acceptors (Lipinski definition) is 3. The van der Waals surface area contributed by atoms with Crippen molar-refractivity contribution in [3.63, 3.8) is 0 Å². The van der Waals surface area contributed by atoms with E-state index in [4.69, 9.17) is 10.5 Å². The predicted octanol–water partition coefficient (Wildman–Crippen LogP) is 1.99. The first-order chi connectivity index (χ1) is 10.6. The number of rotatable bonds is 2. The molecule has 2 N–H and O–H groups in total. The molecule has 120 valence electrons. The molecule has 1 aromatic rings. The molecule has 1 amide bonds. The molecule has 0 unspecified atom stereocenters. The first-order valence-corrected chi connectivity index (χ1v) is 7.67. The Balaban J connectivity index is 1.71. The summed E-state index contributed by atoms with van der Waals surface area (Å²) in [5, 5.41) is 0. The van der Waals surface area contributed by atoms with Gasteiger partial charge in [0.1, 0.15) is 6.10 Å². The third-order valence-corrected chi connectivity index (χ3v) is 4.58. The van der Waals surface area contributed by atoms with E-state index in [1.165, 1.54) is 6.07 Å². The van der Waals surface area contributed by atoms with Gasteiger partial charge >= 0.3 is 0 Å². The van der Waals surface area contributed by atoms with Crippen molar-refractivity contribution < 1.29 is 18.3 Å². The van der Waals surface area contributed by atoms with E-state index < -0.39 is 17.7 Å². The van der Waals surface area contributed by atoms with Crippen LogP contribution in [0.5, 0.6) is 0 Å². The molecule has 0 bridgehead atoms. The van der Waals surface area contributed by atoms with Gasteiger partial charge < -0.3 is 15.4 Å². The van der Waals surface area contributed by atoms with E-state index >= 15 is 0 Å². The molecule has 3 atom stereocenters. The molecule has 0 spiro atoms. The molecule has 1 heterocycles. The van der Waals surface area contributed by atoms with E-state index in [1.54, 1.807) is 4.90 Å². The van der Waals surface area contributed by atoms with E-state index in [1.807, 2.05) is 0 Å². The van der Waals surface area contributed by atoms with Crippen LogP contribution in [0.4, 0.5) is 8.78 Å². The molecule has 1 aromatic carbocycles. The largest absolute Gasteiger partial charge is 0.370 e. The molecule has 2 fully saturated rings. The lowest BCUT2D eigenvalue weighted by molar-refractivity contribution is -0.143. The summed E-state index contributed by atoms with van der Waals surface area (Å²) in [6, 6.07) is 3.65. The van der Waals surface area contributed by atoms with Gasteiger partial charge in [-0.3, -0.25) is 4.79 Å². The van der Waals surface area contributed by atoms with Gasteiger partial charge in [-0.25, -0.2) is 8.78 Å². The number of hydrogen-bond donors (Lipinski definition) is 1. The summed E-state index contributed by atoms with van der Waals surface area (Å²) in [4.78, 5) is 14.3. The summed E-state index contributed by atoms with van der Waals surface area (Å²) in [5.41, 5.74) is 6.55. The molecule has 4 nitrogen and oxygen atoms in total. The molecule has 1 saturated heterocycles. The van der Waals surface area contributed by atoms with Gasteiger partial charge in [0, 0.05) is 12.6 Å². The van der Waals surface area contributed by atoms with Crippen LogP contribution in [0.2, 0.25) is 0 Å². The summed E-state index contributed by atoms with van der Waals surface area (Å²) in [7, 11) is 0. The van der Waals surface area contributed by atoms with Gasteiger partial charge in [-0.2, -0.15) is 0 Å². The second-order valence-electron chi connectivity index (χ2n) is 6.02. The summed E-state index contributed by atoms with van der Waals surface area (Å²) >= 11 is 0. The Hall–Kier alpha value is -1.53. The van der Waals surface area contributed by atoms with E-state index in [0.717, 1.165) is 31.4 Å². The molecule has 3 rings (SSSR count). The first-order valence-electron chi connectivity index (χ1n) is 7.67. The lowest BCUT2D eigenvalue weighted by Crippen LogP contribution is -2.47. The van der Waals surface area contributed by atoms with Gasteiger partial charge in [-0.1, -0.05) is 12.5 Å². The quantitative estimate of drug-likeness (QED) is 0.909. The molecule has 1 aliphatic carbocycles. The number of carbonyl (C=O) groups excluding carboxylic acids is 1. The van der Waals surface area contributed by atoms with E-state index in [-0.39, 0.29) is 17.9 Å². The van der Waals surface area contributed by atoms with Crippen LogP contribution in [0.15, 0.2) is 18.2 Å². The number of halogens is 2. The van der Waals surface area contributed by atoms with Gasteiger partial charge in [0.25, 0.3) is 0 Å². The maximum Gasteiger partial charge on any atom is 0.227 e. The van der Waals surface area contributed by atoms with Crippen molar-refractivity contribution in [2.45, 2.75) is 31.4 Å². The van der Waals surface area contributed by atoms with Crippen LogP contribution in [-0.4, -0.2) is 36.5 Å². The Kier molecular flexibility index (Phi) is 4.40. The maximum absolute atomic E-state index is 13.4. The highest BCUT2D eigenvalue weighted by atomic mass is 19.2. The number of nitrogens with two attached hydrogens (primary N) is 1. The fraction of sp³-hybridized carbons (Fsp3) is 0.562. The third-order valence-electron chi connectivity index (χ3n) is 4.58. The molecule has 1 saturated carbocycles. The Morgan fingerprint density at radius 1 is 1.27 bits per heavy atom. The molecule has 1 aliphatic heterocycles. The van der Waals surface area contributed by atoms with Crippen molar-refractivity contribution in [3.05, 3.63) is 35.4 Å². The zero-order valence-electron chi connectivity index (χ0n) is 12.3. The van der Waals surface area contributed by atoms with Crippen LogP contribution in [0, 0.1) is 17.6 Å². The fourth-order valence-corrected chi connectivity index (χ4v) is 3.29. The Morgan fingerprint density at radius 3 is 2.77 bits per heavy atom. The van der Waals surface area contributed by atoms with Gasteiger partial charge in [-0.15, -0.1) is 0 Å². The number of amides is 1. The zero-order chi connectivity index (χ0) is 15.7. The van der Waals surface area contributed by atoms with Gasteiger partial charge in [0.05, 0.1) is 19.1 Å². The van der Waals surface area contributed by atoms with Gasteiger partial charge in [0.15, 0.2) is 11.6 Å². The van der Waals surface area contributed by atoms with Crippen LogP contribution >= 0.6 is 0 Å². The second-order valence-corrected chi connectivity index (χ2v) is 6.02. The molecule has 22 heavy (non-hydrogen) atoms. The molecular weight excluding hydrogens is 290 g/mol. The molecule has 2 aliphatic rings. The minimum absolute atomic E-state index is 0.0564. The lowest BCUT2D eigenvalue weighted by Gasteiger charge is -2.35. The number of benzene rings is 1. The summed E-state index contributed by atoms with van der Waals surface area (Å²) in [6.45, 7) is 1.26. The van der Waals surface area contributed by atoms with Gasteiger partial charge in [-0.05, 0) is 30.5 Å². The topological polar surface area (TPSA) is 55.6 Å². The maximum atomic E-state index is 13.4. The predicted molar refractivity (Wildman–Crippen MR) is 76.9 cm³/mol. The normalized spacial score (nSPS) is 28.9. The SMILES string of the molecule is N[C@@H]1CCC[C@H]1C(=O)N1CCO[C@@H](c2ccc(F)c(F)c2)C1. The van der Waals surface area contributed by atoms with Crippen LogP contribution in [0.3, 0.4) is 0 Å². The van der Waals surface area contributed by atoms with E-state index in [9.17, 15) is 13.6 Å². The second kappa shape index (κ2) is 6.30. The number of morpholine rings is 1. The number of nitrogens with zero attached hydrogens (tertiary/aromatic N) is 1. The van der Waals surface area contributed by atoms with Crippen molar-refractivity contribution in [2.24, 2.45) is 11.7 Å². The minimum atomic E-state index is -0.901. The van der Waals surface area contributed by atoms with Crippen LogP contribution in [0.25, 0.3) is 0 Å². The standard InChI is InChI=1S/C16H20F2N2O2/c17-12-5-4-10(8-13(12)18)15-9-20(6-7-22-15)16(21)11-2-1-3-14(11)19/h4-5,8,11,14-15H,1-3,6-7,9,19H2/t11-,14-,15-/m1/s1. The molecular formula is C16H20F2N2O2. The zero-order valence-corrected chi connectivity index (χ0v) is 12.3. The summed E-state index contributed by atoms with van der Waals surface area (Å²) < 4.78 is 32.0. The van der Waals surface area contributed by atoms with Crippen molar-refractivity contribution in [3.8, 4) is 0 Å².